The number of amides is 1. The first-order valence-corrected chi connectivity index (χ1v) is 5.64. The van der Waals surface area contributed by atoms with Crippen LogP contribution in [0.15, 0.2) is 36.5 Å². The lowest BCUT2D eigenvalue weighted by atomic mass is 10.2. The first kappa shape index (κ1) is 12.5. The number of pyridine rings is 1. The molecule has 0 unspecified atom stereocenters. The molecule has 0 bridgehead atoms. The Labute approximate surface area is 109 Å². The Balaban J connectivity index is 2.24. The molecule has 3 nitrogen and oxygen atoms in total. The van der Waals surface area contributed by atoms with Crippen LogP contribution in [0, 0.1) is 12.9 Å². The van der Waals surface area contributed by atoms with Gasteiger partial charge in [-0.05, 0) is 30.7 Å². The van der Waals surface area contributed by atoms with Crippen molar-refractivity contribution < 1.29 is 9.18 Å². The van der Waals surface area contributed by atoms with E-state index < -0.39 is 5.95 Å². The van der Waals surface area contributed by atoms with Gasteiger partial charge in [0.25, 0.3) is 5.91 Å². The van der Waals surface area contributed by atoms with Gasteiger partial charge >= 0.3 is 0 Å². The zero-order valence-corrected chi connectivity index (χ0v) is 10.3. The van der Waals surface area contributed by atoms with E-state index in [0.29, 0.717) is 10.7 Å². The van der Waals surface area contributed by atoms with E-state index in [-0.39, 0.29) is 11.5 Å². The average Bonchev–Trinajstić information content (AvgIpc) is 2.34. The van der Waals surface area contributed by atoms with Crippen molar-refractivity contribution in [2.45, 2.75) is 6.92 Å². The van der Waals surface area contributed by atoms with Gasteiger partial charge in [0, 0.05) is 6.20 Å². The van der Waals surface area contributed by atoms with Gasteiger partial charge in [0.1, 0.15) is 0 Å². The first-order valence-electron chi connectivity index (χ1n) is 5.26. The fourth-order valence-corrected chi connectivity index (χ4v) is 1.76. The van der Waals surface area contributed by atoms with Crippen molar-refractivity contribution in [3.05, 3.63) is 58.6 Å². The van der Waals surface area contributed by atoms with E-state index in [2.05, 4.69) is 10.3 Å². The highest BCUT2D eigenvalue weighted by Crippen LogP contribution is 2.25. The zero-order valence-electron chi connectivity index (χ0n) is 9.58. The molecule has 0 aliphatic rings. The number of carbonyl (C=O) groups is 1. The molecular formula is C13H10ClFN2O. The van der Waals surface area contributed by atoms with Crippen molar-refractivity contribution in [1.82, 2.24) is 4.98 Å². The molecule has 0 aliphatic carbocycles. The normalized spacial score (nSPS) is 10.2. The third-order valence-electron chi connectivity index (χ3n) is 2.45. The molecule has 1 amide bonds. The molecule has 1 aromatic carbocycles. The second kappa shape index (κ2) is 5.14. The second-order valence-electron chi connectivity index (χ2n) is 3.76. The number of para-hydroxylation sites is 1. The lowest BCUT2D eigenvalue weighted by Gasteiger charge is -2.09. The summed E-state index contributed by atoms with van der Waals surface area (Å²) in [5, 5.41) is 3.14. The number of nitrogens with zero attached hydrogens (tertiary/aromatic N) is 1. The van der Waals surface area contributed by atoms with E-state index >= 15 is 0 Å². The van der Waals surface area contributed by atoms with E-state index in [1.54, 1.807) is 12.1 Å². The summed E-state index contributed by atoms with van der Waals surface area (Å²) in [6.45, 7) is 1.84. The van der Waals surface area contributed by atoms with E-state index in [4.69, 9.17) is 11.6 Å². The topological polar surface area (TPSA) is 42.0 Å². The lowest BCUT2D eigenvalue weighted by molar-refractivity contribution is 0.102. The molecule has 5 heteroatoms. The standard InChI is InChI=1S/C13H10ClFN2O/c1-8-3-2-4-10(14)12(8)17-13(18)9-5-6-11(15)16-7-9/h2-7H,1H3,(H,17,18). The van der Waals surface area contributed by atoms with Crippen LogP contribution in [0.1, 0.15) is 15.9 Å². The predicted octanol–water partition coefficient (Wildman–Crippen LogP) is 3.43. The second-order valence-corrected chi connectivity index (χ2v) is 4.16. The number of carbonyl (C=O) groups excluding carboxylic acids is 1. The van der Waals surface area contributed by atoms with Gasteiger partial charge in [0.2, 0.25) is 5.95 Å². The van der Waals surface area contributed by atoms with Gasteiger partial charge in [-0.25, -0.2) is 4.98 Å². The van der Waals surface area contributed by atoms with Crippen molar-refractivity contribution in [2.75, 3.05) is 5.32 Å². The number of aryl methyl sites for hydroxylation is 1. The van der Waals surface area contributed by atoms with Gasteiger partial charge < -0.3 is 5.32 Å². The number of hydrogen-bond acceptors (Lipinski definition) is 2. The van der Waals surface area contributed by atoms with Gasteiger partial charge in [-0.2, -0.15) is 4.39 Å². The molecule has 92 valence electrons. The molecule has 0 saturated heterocycles. The molecule has 1 aromatic heterocycles. The first-order chi connectivity index (χ1) is 8.58. The summed E-state index contributed by atoms with van der Waals surface area (Å²) in [5.74, 6) is -1.00. The van der Waals surface area contributed by atoms with Crippen LogP contribution in [0.3, 0.4) is 0 Å². The Morgan fingerprint density at radius 3 is 2.72 bits per heavy atom. The van der Waals surface area contributed by atoms with Gasteiger partial charge in [0.15, 0.2) is 0 Å². The molecule has 0 aliphatic heterocycles. The van der Waals surface area contributed by atoms with Gasteiger partial charge in [-0.3, -0.25) is 4.79 Å². The number of hydrogen-bond donors (Lipinski definition) is 1. The number of halogens is 2. The van der Waals surface area contributed by atoms with Crippen LogP contribution in [-0.4, -0.2) is 10.9 Å². The maximum Gasteiger partial charge on any atom is 0.257 e. The third kappa shape index (κ3) is 2.65. The highest BCUT2D eigenvalue weighted by Gasteiger charge is 2.10. The van der Waals surface area contributed by atoms with E-state index in [1.807, 2.05) is 13.0 Å². The fraction of sp³-hybridized carbons (Fsp3) is 0.0769. The molecule has 0 atom stereocenters. The van der Waals surface area contributed by atoms with Crippen LogP contribution in [0.25, 0.3) is 0 Å². The number of rotatable bonds is 2. The number of anilines is 1. The highest BCUT2D eigenvalue weighted by molar-refractivity contribution is 6.34. The lowest BCUT2D eigenvalue weighted by Crippen LogP contribution is -2.13. The highest BCUT2D eigenvalue weighted by atomic mass is 35.5. The van der Waals surface area contributed by atoms with Crippen LogP contribution < -0.4 is 5.32 Å². The van der Waals surface area contributed by atoms with Gasteiger partial charge in [-0.1, -0.05) is 23.7 Å². The largest absolute Gasteiger partial charge is 0.320 e. The Morgan fingerprint density at radius 1 is 1.33 bits per heavy atom. The smallest absolute Gasteiger partial charge is 0.257 e. The van der Waals surface area contributed by atoms with Crippen LogP contribution in [0.5, 0.6) is 0 Å². The summed E-state index contributed by atoms with van der Waals surface area (Å²) in [7, 11) is 0. The molecular weight excluding hydrogens is 255 g/mol. The quantitative estimate of drug-likeness (QED) is 0.845. The molecule has 0 saturated carbocycles. The van der Waals surface area contributed by atoms with E-state index in [1.165, 1.54) is 12.3 Å². The maximum atomic E-state index is 12.6. The molecule has 1 N–H and O–H groups in total. The number of nitrogens with one attached hydrogen (secondary N) is 1. The van der Waals surface area contributed by atoms with E-state index in [0.717, 1.165) is 11.6 Å². The van der Waals surface area contributed by atoms with Crippen molar-refractivity contribution in [1.29, 1.82) is 0 Å². The van der Waals surface area contributed by atoms with Crippen molar-refractivity contribution in [3.63, 3.8) is 0 Å². The summed E-state index contributed by atoms with van der Waals surface area (Å²) >= 11 is 6.00. The van der Waals surface area contributed by atoms with E-state index in [9.17, 15) is 9.18 Å². The van der Waals surface area contributed by atoms with Crippen molar-refractivity contribution in [3.8, 4) is 0 Å². The molecule has 0 radical (unpaired) electrons. The SMILES string of the molecule is Cc1cccc(Cl)c1NC(=O)c1ccc(F)nc1. The Hall–Kier alpha value is -1.94. The van der Waals surface area contributed by atoms with Crippen LogP contribution in [0.4, 0.5) is 10.1 Å². The van der Waals surface area contributed by atoms with Gasteiger partial charge in [0.05, 0.1) is 16.3 Å². The summed E-state index contributed by atoms with van der Waals surface area (Å²) in [6, 6.07) is 7.82. The minimum absolute atomic E-state index is 0.274. The predicted molar refractivity (Wildman–Crippen MR) is 68.3 cm³/mol. The summed E-state index contributed by atoms with van der Waals surface area (Å²) in [6.07, 6.45) is 1.18. The number of aromatic nitrogens is 1. The molecule has 2 aromatic rings. The van der Waals surface area contributed by atoms with Crippen LogP contribution in [-0.2, 0) is 0 Å². The van der Waals surface area contributed by atoms with Crippen LogP contribution >= 0.6 is 11.6 Å². The Bertz CT molecular complexity index is 564. The molecule has 0 fully saturated rings. The Kier molecular flexibility index (Phi) is 3.58. The maximum absolute atomic E-state index is 12.6. The fourth-order valence-electron chi connectivity index (χ4n) is 1.49. The summed E-state index contributed by atoms with van der Waals surface area (Å²) < 4.78 is 12.6. The van der Waals surface area contributed by atoms with Crippen LogP contribution in [0.2, 0.25) is 5.02 Å². The zero-order chi connectivity index (χ0) is 13.1. The summed E-state index contributed by atoms with van der Waals surface area (Å²) in [5.41, 5.74) is 1.68. The monoisotopic (exact) mass is 264 g/mol. The minimum Gasteiger partial charge on any atom is -0.320 e. The molecule has 18 heavy (non-hydrogen) atoms. The molecule has 2 rings (SSSR count). The third-order valence-corrected chi connectivity index (χ3v) is 2.77. The number of benzene rings is 1. The summed E-state index contributed by atoms with van der Waals surface area (Å²) in [4.78, 5) is 15.3. The molecule has 1 heterocycles. The van der Waals surface area contributed by atoms with Crippen molar-refractivity contribution in [2.24, 2.45) is 0 Å². The minimum atomic E-state index is -0.625. The average molecular weight is 265 g/mol. The molecule has 0 spiro atoms. The van der Waals surface area contributed by atoms with Crippen molar-refractivity contribution >= 4 is 23.2 Å². The Morgan fingerprint density at radius 2 is 2.11 bits per heavy atom. The van der Waals surface area contributed by atoms with Gasteiger partial charge in [-0.15, -0.1) is 0 Å².